The molecule has 134 valence electrons. The van der Waals surface area contributed by atoms with Crippen LogP contribution in [0.1, 0.15) is 37.3 Å². The molecule has 0 aliphatic carbocycles. The third kappa shape index (κ3) is 4.05. The minimum atomic E-state index is -0.543. The molecule has 0 bridgehead atoms. The molecular weight excluding hydrogens is 336 g/mol. The zero-order valence-corrected chi connectivity index (χ0v) is 15.4. The zero-order valence-electron chi connectivity index (χ0n) is 14.6. The largest absolute Gasteiger partial charge is 0.381 e. The molecule has 1 atom stereocenters. The summed E-state index contributed by atoms with van der Waals surface area (Å²) in [6, 6.07) is 9.60. The summed E-state index contributed by atoms with van der Waals surface area (Å²) in [6.45, 7) is 5.53. The Morgan fingerprint density at radius 3 is 2.64 bits per heavy atom. The quantitative estimate of drug-likeness (QED) is 0.855. The highest BCUT2D eigenvalue weighted by molar-refractivity contribution is 7.15. The summed E-state index contributed by atoms with van der Waals surface area (Å²) in [5, 5.41) is 12.6. The van der Waals surface area contributed by atoms with E-state index in [1.165, 1.54) is 11.3 Å². The standard InChI is InChI=1S/C18H24N4O2S/c1-18(2,13-6-4-3-5-7-13)16-21-22-17(25-16)20-15(23)14(19)12-8-10-24-11-9-12/h3-7,12,14H,8-11,19H2,1-2H3,(H,20,22,23). The molecule has 3 N–H and O–H groups in total. The molecule has 7 heteroatoms. The predicted octanol–water partition coefficient (Wildman–Crippen LogP) is 2.56. The smallest absolute Gasteiger partial charge is 0.243 e. The summed E-state index contributed by atoms with van der Waals surface area (Å²) in [7, 11) is 0. The predicted molar refractivity (Wildman–Crippen MR) is 98.6 cm³/mol. The van der Waals surface area contributed by atoms with Gasteiger partial charge in [0.15, 0.2) is 0 Å². The zero-order chi connectivity index (χ0) is 17.9. The molecule has 1 aliphatic rings. The first-order valence-corrected chi connectivity index (χ1v) is 9.34. The van der Waals surface area contributed by atoms with Crippen molar-refractivity contribution in [3.63, 3.8) is 0 Å². The second-order valence-electron chi connectivity index (χ2n) is 6.87. The fourth-order valence-corrected chi connectivity index (χ4v) is 3.85. The van der Waals surface area contributed by atoms with E-state index in [1.807, 2.05) is 18.2 Å². The average molecular weight is 360 g/mol. The van der Waals surface area contributed by atoms with Crippen molar-refractivity contribution < 1.29 is 9.53 Å². The van der Waals surface area contributed by atoms with Crippen LogP contribution in [0.3, 0.4) is 0 Å². The van der Waals surface area contributed by atoms with Crippen LogP contribution in [-0.4, -0.2) is 35.4 Å². The fourth-order valence-electron chi connectivity index (χ4n) is 2.98. The minimum absolute atomic E-state index is 0.155. The maximum Gasteiger partial charge on any atom is 0.243 e. The lowest BCUT2D eigenvalue weighted by atomic mass is 9.85. The number of ether oxygens (including phenoxy) is 1. The monoisotopic (exact) mass is 360 g/mol. The Labute approximate surface area is 151 Å². The fraction of sp³-hybridized carbons (Fsp3) is 0.500. The lowest BCUT2D eigenvalue weighted by Gasteiger charge is -2.26. The Morgan fingerprint density at radius 2 is 1.96 bits per heavy atom. The van der Waals surface area contributed by atoms with Crippen LogP contribution in [-0.2, 0) is 14.9 Å². The Morgan fingerprint density at radius 1 is 1.28 bits per heavy atom. The van der Waals surface area contributed by atoms with Crippen molar-refractivity contribution in [3.8, 4) is 0 Å². The van der Waals surface area contributed by atoms with Crippen molar-refractivity contribution in [3.05, 3.63) is 40.9 Å². The first-order chi connectivity index (χ1) is 12.0. The second-order valence-corrected chi connectivity index (χ2v) is 7.85. The van der Waals surface area contributed by atoms with Gasteiger partial charge in [-0.15, -0.1) is 10.2 Å². The van der Waals surface area contributed by atoms with Crippen molar-refractivity contribution in [1.82, 2.24) is 10.2 Å². The van der Waals surface area contributed by atoms with Crippen LogP contribution in [0.15, 0.2) is 30.3 Å². The number of aromatic nitrogens is 2. The van der Waals surface area contributed by atoms with Crippen LogP contribution in [0.2, 0.25) is 0 Å². The average Bonchev–Trinajstić information content (AvgIpc) is 3.12. The van der Waals surface area contributed by atoms with E-state index >= 15 is 0 Å². The molecule has 0 radical (unpaired) electrons. The van der Waals surface area contributed by atoms with Crippen molar-refractivity contribution in [2.24, 2.45) is 11.7 Å². The Bertz CT molecular complexity index is 711. The molecule has 1 aromatic heterocycles. The summed E-state index contributed by atoms with van der Waals surface area (Å²) in [4.78, 5) is 12.4. The van der Waals surface area contributed by atoms with E-state index in [0.29, 0.717) is 18.3 Å². The van der Waals surface area contributed by atoms with Crippen LogP contribution < -0.4 is 11.1 Å². The highest BCUT2D eigenvalue weighted by Crippen LogP contribution is 2.34. The number of benzene rings is 1. The molecule has 1 amide bonds. The lowest BCUT2D eigenvalue weighted by Crippen LogP contribution is -2.44. The number of hydrogen-bond acceptors (Lipinski definition) is 6. The number of anilines is 1. The normalized spacial score (nSPS) is 17.2. The minimum Gasteiger partial charge on any atom is -0.381 e. The van der Waals surface area contributed by atoms with Gasteiger partial charge in [-0.2, -0.15) is 0 Å². The first-order valence-electron chi connectivity index (χ1n) is 8.52. The van der Waals surface area contributed by atoms with E-state index in [9.17, 15) is 4.79 Å². The van der Waals surface area contributed by atoms with Crippen LogP contribution in [0.5, 0.6) is 0 Å². The molecule has 3 rings (SSSR count). The van der Waals surface area contributed by atoms with Crippen molar-refractivity contribution in [1.29, 1.82) is 0 Å². The van der Waals surface area contributed by atoms with E-state index in [1.54, 1.807) is 0 Å². The molecule has 1 aromatic carbocycles. The first kappa shape index (κ1) is 18.0. The van der Waals surface area contributed by atoms with Crippen LogP contribution in [0.25, 0.3) is 0 Å². The van der Waals surface area contributed by atoms with Gasteiger partial charge in [0.1, 0.15) is 5.01 Å². The van der Waals surface area contributed by atoms with Gasteiger partial charge in [-0.05, 0) is 38.2 Å². The van der Waals surface area contributed by atoms with E-state index in [0.717, 1.165) is 23.4 Å². The Kier molecular flexibility index (Phi) is 5.46. The van der Waals surface area contributed by atoms with Gasteiger partial charge in [0.2, 0.25) is 11.0 Å². The molecule has 2 heterocycles. The molecule has 0 spiro atoms. The van der Waals surface area contributed by atoms with Crippen molar-refractivity contribution in [2.45, 2.75) is 38.1 Å². The van der Waals surface area contributed by atoms with E-state index in [4.69, 9.17) is 10.5 Å². The third-order valence-corrected chi connectivity index (χ3v) is 5.92. The Balaban J connectivity index is 1.68. The van der Waals surface area contributed by atoms with Crippen molar-refractivity contribution >= 4 is 22.4 Å². The molecule has 0 saturated carbocycles. The number of nitrogens with two attached hydrogens (primary N) is 1. The van der Waals surface area contributed by atoms with E-state index in [2.05, 4.69) is 41.5 Å². The highest BCUT2D eigenvalue weighted by Gasteiger charge is 2.30. The molecule has 1 saturated heterocycles. The SMILES string of the molecule is CC(C)(c1ccccc1)c1nnc(NC(=O)C(N)C2CCOCC2)s1. The Hall–Kier alpha value is -1.83. The van der Waals surface area contributed by atoms with Crippen molar-refractivity contribution in [2.75, 3.05) is 18.5 Å². The summed E-state index contributed by atoms with van der Waals surface area (Å²) in [5.74, 6) is -0.0472. The second kappa shape index (κ2) is 7.59. The number of rotatable bonds is 5. The summed E-state index contributed by atoms with van der Waals surface area (Å²) in [5.41, 5.74) is 6.99. The van der Waals surface area contributed by atoms with Crippen LogP contribution in [0, 0.1) is 5.92 Å². The summed E-state index contributed by atoms with van der Waals surface area (Å²) < 4.78 is 5.32. The number of carbonyl (C=O) groups excluding carboxylic acids is 1. The maximum atomic E-state index is 12.4. The summed E-state index contributed by atoms with van der Waals surface area (Å²) >= 11 is 1.39. The van der Waals surface area contributed by atoms with Gasteiger partial charge in [0.05, 0.1) is 6.04 Å². The topological polar surface area (TPSA) is 90.1 Å². The molecule has 6 nitrogen and oxygen atoms in total. The third-order valence-electron chi connectivity index (χ3n) is 4.76. The van der Waals surface area contributed by atoms with E-state index < -0.39 is 6.04 Å². The molecule has 1 fully saturated rings. The molecular formula is C18H24N4O2S. The molecule has 1 unspecified atom stereocenters. The highest BCUT2D eigenvalue weighted by atomic mass is 32.1. The van der Waals surface area contributed by atoms with Crippen LogP contribution >= 0.6 is 11.3 Å². The number of nitrogens with one attached hydrogen (secondary N) is 1. The van der Waals surface area contributed by atoms with Gasteiger partial charge in [0, 0.05) is 18.6 Å². The molecule has 2 aromatic rings. The number of amides is 1. The summed E-state index contributed by atoms with van der Waals surface area (Å²) in [6.07, 6.45) is 1.63. The number of nitrogens with zero attached hydrogens (tertiary/aromatic N) is 2. The maximum absolute atomic E-state index is 12.4. The molecule has 1 aliphatic heterocycles. The van der Waals surface area contributed by atoms with Gasteiger partial charge in [-0.25, -0.2) is 0 Å². The lowest BCUT2D eigenvalue weighted by molar-refractivity contribution is -0.119. The van der Waals surface area contributed by atoms with Gasteiger partial charge in [-0.1, -0.05) is 41.7 Å². The molecule has 25 heavy (non-hydrogen) atoms. The van der Waals surface area contributed by atoms with E-state index in [-0.39, 0.29) is 17.2 Å². The van der Waals surface area contributed by atoms with Gasteiger partial charge < -0.3 is 10.5 Å². The van der Waals surface area contributed by atoms with Gasteiger partial charge in [0.25, 0.3) is 0 Å². The number of carbonyl (C=O) groups is 1. The number of hydrogen-bond donors (Lipinski definition) is 2. The van der Waals surface area contributed by atoms with Gasteiger partial charge >= 0.3 is 0 Å². The van der Waals surface area contributed by atoms with Gasteiger partial charge in [-0.3, -0.25) is 10.1 Å². The van der Waals surface area contributed by atoms with Crippen LogP contribution in [0.4, 0.5) is 5.13 Å².